The Kier molecular flexibility index (Phi) is 4.83. The van der Waals surface area contributed by atoms with Crippen molar-refractivity contribution in [1.82, 2.24) is 4.90 Å². The fourth-order valence-corrected chi connectivity index (χ4v) is 1.58. The number of hydrogen-bond donors (Lipinski definition) is 1. The van der Waals surface area contributed by atoms with Crippen LogP contribution in [0, 0.1) is 12.7 Å². The van der Waals surface area contributed by atoms with E-state index in [1.807, 2.05) is 0 Å². The maximum absolute atomic E-state index is 13.5. The van der Waals surface area contributed by atoms with Crippen LogP contribution in [0.25, 0.3) is 0 Å². The summed E-state index contributed by atoms with van der Waals surface area (Å²) in [5, 5.41) is 8.50. The lowest BCUT2D eigenvalue weighted by Gasteiger charge is -2.17. The number of rotatable bonds is 5. The van der Waals surface area contributed by atoms with E-state index in [1.165, 1.54) is 24.1 Å². The molecular weight excluding hydrogens is 237 g/mol. The van der Waals surface area contributed by atoms with E-state index in [1.54, 1.807) is 13.0 Å². The van der Waals surface area contributed by atoms with E-state index in [0.29, 0.717) is 13.0 Å². The molecule has 0 radical (unpaired) electrons. The Labute approximate surface area is 105 Å². The highest BCUT2D eigenvalue weighted by molar-refractivity contribution is 5.94. The second kappa shape index (κ2) is 6.14. The third-order valence-electron chi connectivity index (χ3n) is 2.58. The monoisotopic (exact) mass is 253 g/mol. The van der Waals surface area contributed by atoms with Crippen molar-refractivity contribution in [3.8, 4) is 0 Å². The summed E-state index contributed by atoms with van der Waals surface area (Å²) in [6.07, 6.45) is 0.346. The molecule has 0 aliphatic heterocycles. The van der Waals surface area contributed by atoms with Crippen LogP contribution in [0.5, 0.6) is 0 Å². The minimum atomic E-state index is -0.905. The lowest BCUT2D eigenvalue weighted by Crippen LogP contribution is -2.28. The summed E-state index contributed by atoms with van der Waals surface area (Å²) in [6.45, 7) is 2.07. The summed E-state index contributed by atoms with van der Waals surface area (Å²) in [5.74, 6) is -1.89. The Morgan fingerprint density at radius 3 is 2.67 bits per heavy atom. The highest BCUT2D eigenvalue weighted by Crippen LogP contribution is 2.12. The standard InChI is InChI=1S/C13H16FNO3/c1-9-5-6-11(14)10(8-9)13(18)15(2)7-3-4-12(16)17/h5-6,8H,3-4,7H2,1-2H3,(H,16,17). The van der Waals surface area contributed by atoms with Gasteiger partial charge in [0.05, 0.1) is 5.56 Å². The zero-order valence-electron chi connectivity index (χ0n) is 10.4. The molecule has 18 heavy (non-hydrogen) atoms. The highest BCUT2D eigenvalue weighted by atomic mass is 19.1. The van der Waals surface area contributed by atoms with Gasteiger partial charge < -0.3 is 10.0 Å². The molecule has 1 aromatic rings. The molecule has 0 aromatic heterocycles. The molecule has 1 N–H and O–H groups in total. The highest BCUT2D eigenvalue weighted by Gasteiger charge is 2.16. The summed E-state index contributed by atoms with van der Waals surface area (Å²) in [7, 11) is 1.53. The predicted molar refractivity (Wildman–Crippen MR) is 65.0 cm³/mol. The predicted octanol–water partition coefficient (Wildman–Crippen LogP) is 2.07. The molecule has 0 aliphatic rings. The molecule has 0 aliphatic carbocycles. The van der Waals surface area contributed by atoms with Crippen LogP contribution in [0.15, 0.2) is 18.2 Å². The molecular formula is C13H16FNO3. The quantitative estimate of drug-likeness (QED) is 0.874. The van der Waals surface area contributed by atoms with Gasteiger partial charge in [-0.1, -0.05) is 11.6 Å². The number of benzene rings is 1. The minimum absolute atomic E-state index is 0.00603. The molecule has 4 nitrogen and oxygen atoms in total. The van der Waals surface area contributed by atoms with Gasteiger partial charge >= 0.3 is 5.97 Å². The normalized spacial score (nSPS) is 10.2. The van der Waals surface area contributed by atoms with Crippen molar-refractivity contribution in [1.29, 1.82) is 0 Å². The first-order chi connectivity index (χ1) is 8.41. The topological polar surface area (TPSA) is 57.6 Å². The third kappa shape index (κ3) is 3.84. The molecule has 98 valence electrons. The molecule has 1 amide bonds. The van der Waals surface area contributed by atoms with Crippen molar-refractivity contribution in [2.75, 3.05) is 13.6 Å². The maximum atomic E-state index is 13.5. The number of hydrogen-bond acceptors (Lipinski definition) is 2. The molecule has 0 saturated carbocycles. The van der Waals surface area contributed by atoms with Gasteiger partial charge in [0.15, 0.2) is 0 Å². The number of aliphatic carboxylic acids is 1. The number of nitrogens with zero attached hydrogens (tertiary/aromatic N) is 1. The van der Waals surface area contributed by atoms with Gasteiger partial charge in [-0.25, -0.2) is 4.39 Å². The zero-order valence-corrected chi connectivity index (χ0v) is 10.4. The summed E-state index contributed by atoms with van der Waals surface area (Å²) < 4.78 is 13.5. The van der Waals surface area contributed by atoms with Gasteiger partial charge in [-0.05, 0) is 25.5 Å². The average Bonchev–Trinajstić information content (AvgIpc) is 2.30. The van der Waals surface area contributed by atoms with Crippen LogP contribution in [-0.4, -0.2) is 35.5 Å². The zero-order chi connectivity index (χ0) is 13.7. The van der Waals surface area contributed by atoms with Crippen molar-refractivity contribution < 1.29 is 19.1 Å². The first-order valence-corrected chi connectivity index (χ1v) is 5.65. The van der Waals surface area contributed by atoms with Crippen molar-refractivity contribution in [2.24, 2.45) is 0 Å². The molecule has 0 atom stereocenters. The lowest BCUT2D eigenvalue weighted by molar-refractivity contribution is -0.137. The second-order valence-electron chi connectivity index (χ2n) is 4.21. The van der Waals surface area contributed by atoms with Crippen molar-refractivity contribution >= 4 is 11.9 Å². The number of carboxylic acid groups (broad SMARTS) is 1. The number of aryl methyl sites for hydroxylation is 1. The SMILES string of the molecule is Cc1ccc(F)c(C(=O)N(C)CCCC(=O)O)c1. The van der Waals surface area contributed by atoms with E-state index >= 15 is 0 Å². The number of halogens is 1. The Morgan fingerprint density at radius 1 is 1.39 bits per heavy atom. The van der Waals surface area contributed by atoms with Crippen LogP contribution < -0.4 is 0 Å². The van der Waals surface area contributed by atoms with Crippen LogP contribution in [-0.2, 0) is 4.79 Å². The summed E-state index contributed by atoms with van der Waals surface area (Å²) in [4.78, 5) is 23.6. The first-order valence-electron chi connectivity index (χ1n) is 5.65. The van der Waals surface area contributed by atoms with Crippen LogP contribution in [0.1, 0.15) is 28.8 Å². The minimum Gasteiger partial charge on any atom is -0.481 e. The Bertz CT molecular complexity index is 460. The van der Waals surface area contributed by atoms with Crippen molar-refractivity contribution in [3.05, 3.63) is 35.1 Å². The summed E-state index contributed by atoms with van der Waals surface area (Å²) in [5.41, 5.74) is 0.825. The van der Waals surface area contributed by atoms with Gasteiger partial charge in [0.1, 0.15) is 5.82 Å². The molecule has 1 rings (SSSR count). The van der Waals surface area contributed by atoms with E-state index in [0.717, 1.165) is 5.56 Å². The van der Waals surface area contributed by atoms with Crippen LogP contribution in [0.3, 0.4) is 0 Å². The number of carbonyl (C=O) groups excluding carboxylic acids is 1. The molecule has 0 fully saturated rings. The van der Waals surface area contributed by atoms with Gasteiger partial charge in [-0.2, -0.15) is 0 Å². The Hall–Kier alpha value is -1.91. The molecule has 0 bridgehead atoms. The van der Waals surface area contributed by atoms with Crippen molar-refractivity contribution in [3.63, 3.8) is 0 Å². The van der Waals surface area contributed by atoms with Gasteiger partial charge in [0.2, 0.25) is 0 Å². The van der Waals surface area contributed by atoms with Gasteiger partial charge in [-0.3, -0.25) is 9.59 Å². The maximum Gasteiger partial charge on any atom is 0.303 e. The van der Waals surface area contributed by atoms with E-state index in [2.05, 4.69) is 0 Å². The largest absolute Gasteiger partial charge is 0.481 e. The summed E-state index contributed by atoms with van der Waals surface area (Å²) >= 11 is 0. The average molecular weight is 253 g/mol. The first kappa shape index (κ1) is 14.2. The number of carboxylic acids is 1. The fourth-order valence-electron chi connectivity index (χ4n) is 1.58. The van der Waals surface area contributed by atoms with E-state index in [-0.39, 0.29) is 12.0 Å². The third-order valence-corrected chi connectivity index (χ3v) is 2.58. The van der Waals surface area contributed by atoms with Crippen molar-refractivity contribution in [2.45, 2.75) is 19.8 Å². The smallest absolute Gasteiger partial charge is 0.303 e. The van der Waals surface area contributed by atoms with E-state index < -0.39 is 17.7 Å². The molecule has 0 spiro atoms. The van der Waals surface area contributed by atoms with Crippen LogP contribution in [0.4, 0.5) is 4.39 Å². The van der Waals surface area contributed by atoms with Crippen LogP contribution in [0.2, 0.25) is 0 Å². The van der Waals surface area contributed by atoms with Gasteiger partial charge in [0, 0.05) is 20.0 Å². The summed E-state index contributed by atoms with van der Waals surface area (Å²) in [6, 6.07) is 4.34. The fraction of sp³-hybridized carbons (Fsp3) is 0.385. The Morgan fingerprint density at radius 2 is 2.06 bits per heavy atom. The van der Waals surface area contributed by atoms with E-state index in [9.17, 15) is 14.0 Å². The molecule has 5 heteroatoms. The van der Waals surface area contributed by atoms with Gasteiger partial charge in [-0.15, -0.1) is 0 Å². The Balaban J connectivity index is 2.68. The molecule has 0 heterocycles. The molecule has 0 unspecified atom stereocenters. The van der Waals surface area contributed by atoms with Crippen LogP contribution >= 0.6 is 0 Å². The lowest BCUT2D eigenvalue weighted by atomic mass is 10.1. The number of amides is 1. The second-order valence-corrected chi connectivity index (χ2v) is 4.21. The number of carbonyl (C=O) groups is 2. The molecule has 1 aromatic carbocycles. The van der Waals surface area contributed by atoms with Gasteiger partial charge in [0.25, 0.3) is 5.91 Å². The van der Waals surface area contributed by atoms with E-state index in [4.69, 9.17) is 5.11 Å². The molecule has 0 saturated heterocycles.